The molecule has 1 fully saturated rings. The van der Waals surface area contributed by atoms with Crippen molar-refractivity contribution in [1.82, 2.24) is 19.2 Å². The van der Waals surface area contributed by atoms with E-state index in [1.54, 1.807) is 24.7 Å². The molecule has 1 aliphatic rings. The van der Waals surface area contributed by atoms with E-state index in [1.165, 1.54) is 19.3 Å². The van der Waals surface area contributed by atoms with Crippen LogP contribution in [0.3, 0.4) is 0 Å². The zero-order valence-electron chi connectivity index (χ0n) is 18.6. The molecular formula is C25H29N5O2S. The minimum atomic E-state index is -0.937. The van der Waals surface area contributed by atoms with Crippen molar-refractivity contribution in [3.8, 4) is 6.07 Å². The Kier molecular flexibility index (Phi) is 9.83. The molecule has 2 aromatic carbocycles. The predicted molar refractivity (Wildman–Crippen MR) is 129 cm³/mol. The lowest BCUT2D eigenvalue weighted by Crippen LogP contribution is -2.31. The number of hydrogen-bond acceptors (Lipinski definition) is 4. The fourth-order valence-corrected chi connectivity index (χ4v) is 4.83. The Morgan fingerprint density at radius 3 is 2.45 bits per heavy atom. The third-order valence-electron chi connectivity index (χ3n) is 5.34. The summed E-state index contributed by atoms with van der Waals surface area (Å²) in [6.45, 7) is 3.26. The molecule has 1 aliphatic heterocycles. The summed E-state index contributed by atoms with van der Waals surface area (Å²) in [4.78, 5) is 15.3. The highest BCUT2D eigenvalue weighted by molar-refractivity contribution is 7.82. The maximum absolute atomic E-state index is 12.0. The molecule has 1 amide bonds. The van der Waals surface area contributed by atoms with Crippen LogP contribution in [0.2, 0.25) is 0 Å². The summed E-state index contributed by atoms with van der Waals surface area (Å²) in [7, 11) is -0.937. The number of benzene rings is 2. The molecule has 1 saturated heterocycles. The summed E-state index contributed by atoms with van der Waals surface area (Å²) in [6, 6.07) is 19.3. The lowest BCUT2D eigenvalue weighted by atomic mass is 10.1. The first kappa shape index (κ1) is 24.4. The van der Waals surface area contributed by atoms with Crippen LogP contribution in [0.15, 0.2) is 72.0 Å². The van der Waals surface area contributed by atoms with E-state index in [0.717, 1.165) is 35.7 Å². The number of amides is 1. The second-order valence-corrected chi connectivity index (χ2v) is 9.18. The number of piperidine rings is 1. The molecule has 1 aromatic heterocycles. The average Bonchev–Trinajstić information content (AvgIpc) is 3.32. The van der Waals surface area contributed by atoms with Gasteiger partial charge in [-0.15, -0.1) is 0 Å². The molecule has 0 spiro atoms. The summed E-state index contributed by atoms with van der Waals surface area (Å²) in [5, 5.41) is 11.4. The van der Waals surface area contributed by atoms with Crippen molar-refractivity contribution in [2.45, 2.75) is 37.1 Å². The lowest BCUT2D eigenvalue weighted by molar-refractivity contribution is -0.109. The van der Waals surface area contributed by atoms with Crippen molar-refractivity contribution in [1.29, 1.82) is 5.26 Å². The number of rotatable bonds is 8. The van der Waals surface area contributed by atoms with Gasteiger partial charge in [-0.25, -0.2) is 13.5 Å². The predicted octanol–water partition coefficient (Wildman–Crippen LogP) is 3.29. The van der Waals surface area contributed by atoms with Gasteiger partial charge in [0, 0.05) is 44.5 Å². The molecule has 0 saturated carbocycles. The summed E-state index contributed by atoms with van der Waals surface area (Å²) in [5.41, 5.74) is 2.84. The van der Waals surface area contributed by atoms with Gasteiger partial charge >= 0.3 is 0 Å². The van der Waals surface area contributed by atoms with Gasteiger partial charge < -0.3 is 9.88 Å². The molecule has 1 atom stereocenters. The zero-order valence-corrected chi connectivity index (χ0v) is 19.4. The van der Waals surface area contributed by atoms with Crippen molar-refractivity contribution in [3.63, 3.8) is 0 Å². The topological polar surface area (TPSA) is 91.0 Å². The van der Waals surface area contributed by atoms with Gasteiger partial charge in [0.25, 0.3) is 0 Å². The van der Waals surface area contributed by atoms with Crippen molar-refractivity contribution >= 4 is 17.4 Å². The first-order valence-electron chi connectivity index (χ1n) is 11.1. The van der Waals surface area contributed by atoms with Gasteiger partial charge in [-0.1, -0.05) is 36.8 Å². The second-order valence-electron chi connectivity index (χ2n) is 7.70. The van der Waals surface area contributed by atoms with Crippen molar-refractivity contribution in [3.05, 3.63) is 83.9 Å². The Balaban J connectivity index is 0.000000194. The number of imidazole rings is 1. The third-order valence-corrected chi connectivity index (χ3v) is 6.85. The number of hydrogen-bond donors (Lipinski definition) is 1. The van der Waals surface area contributed by atoms with Gasteiger partial charge in [0.05, 0.1) is 22.9 Å². The van der Waals surface area contributed by atoms with Crippen LogP contribution in [0.1, 0.15) is 36.1 Å². The summed E-state index contributed by atoms with van der Waals surface area (Å²) in [5.74, 6) is 0. The Morgan fingerprint density at radius 1 is 1.06 bits per heavy atom. The first-order chi connectivity index (χ1) is 16.2. The number of carbonyl (C=O) groups is 1. The SMILES string of the molecule is N#Cc1ccc(Cn2cncc2CCNC=O)cc1.O=S(c1ccccc1)N1CCCCC1. The van der Waals surface area contributed by atoms with Crippen LogP contribution >= 0.6 is 0 Å². The molecule has 1 unspecified atom stereocenters. The Morgan fingerprint density at radius 2 is 1.79 bits per heavy atom. The second kappa shape index (κ2) is 13.3. The molecule has 0 bridgehead atoms. The fraction of sp³-hybridized carbons (Fsp3) is 0.320. The van der Waals surface area contributed by atoms with E-state index < -0.39 is 11.0 Å². The smallest absolute Gasteiger partial charge is 0.207 e. The molecule has 2 heterocycles. The maximum atomic E-state index is 12.0. The maximum Gasteiger partial charge on any atom is 0.207 e. The van der Waals surface area contributed by atoms with Gasteiger partial charge in [-0.2, -0.15) is 5.26 Å². The Hall–Kier alpha value is -3.28. The standard InChI is InChI=1S/C14H14N4O.C11H15NOS/c15-7-12-1-3-13(4-2-12)9-18-10-17-8-14(18)5-6-16-11-19;13-14(11-7-3-1-4-8-11)12-9-5-2-6-10-12/h1-4,8,10-11H,5-6,9H2,(H,16,19);1,3-4,7-8H,2,5-6,9-10H2. The van der Waals surface area contributed by atoms with Gasteiger partial charge in [-0.3, -0.25) is 4.79 Å². The van der Waals surface area contributed by atoms with Crippen LogP contribution in [0, 0.1) is 11.3 Å². The molecule has 7 nitrogen and oxygen atoms in total. The van der Waals surface area contributed by atoms with E-state index in [2.05, 4.69) is 20.7 Å². The molecule has 3 aromatic rings. The molecule has 172 valence electrons. The normalized spacial score (nSPS) is 14.4. The molecule has 8 heteroatoms. The van der Waals surface area contributed by atoms with Gasteiger partial charge in [-0.05, 0) is 42.7 Å². The van der Waals surface area contributed by atoms with E-state index in [1.807, 2.05) is 47.0 Å². The van der Waals surface area contributed by atoms with E-state index in [-0.39, 0.29) is 0 Å². The number of nitrogens with one attached hydrogen (secondary N) is 1. The first-order valence-corrected chi connectivity index (χ1v) is 12.2. The molecule has 1 N–H and O–H groups in total. The zero-order chi connectivity index (χ0) is 23.3. The number of carbonyl (C=O) groups excluding carboxylic acids is 1. The van der Waals surface area contributed by atoms with Gasteiger partial charge in [0.2, 0.25) is 6.41 Å². The van der Waals surface area contributed by atoms with Crippen LogP contribution < -0.4 is 5.32 Å². The highest BCUT2D eigenvalue weighted by Crippen LogP contribution is 2.16. The molecule has 0 aliphatic carbocycles. The minimum Gasteiger partial charge on any atom is -0.358 e. The minimum absolute atomic E-state index is 0.600. The van der Waals surface area contributed by atoms with E-state index in [0.29, 0.717) is 25.1 Å². The van der Waals surface area contributed by atoms with E-state index in [9.17, 15) is 9.00 Å². The highest BCUT2D eigenvalue weighted by atomic mass is 32.2. The molecular weight excluding hydrogens is 434 g/mol. The van der Waals surface area contributed by atoms with Crippen molar-refractivity contribution < 1.29 is 9.00 Å². The van der Waals surface area contributed by atoms with Crippen molar-refractivity contribution in [2.24, 2.45) is 0 Å². The number of aromatic nitrogens is 2. The molecule has 4 rings (SSSR count). The van der Waals surface area contributed by atoms with E-state index in [4.69, 9.17) is 5.26 Å². The van der Waals surface area contributed by atoms with Crippen LogP contribution in [-0.4, -0.2) is 44.1 Å². The highest BCUT2D eigenvalue weighted by Gasteiger charge is 2.17. The Bertz CT molecular complexity index is 1050. The third kappa shape index (κ3) is 7.67. The number of nitriles is 1. The summed E-state index contributed by atoms with van der Waals surface area (Å²) in [6.07, 6.45) is 8.65. The molecule has 0 radical (unpaired) electrons. The van der Waals surface area contributed by atoms with Crippen LogP contribution in [0.4, 0.5) is 0 Å². The number of nitrogens with zero attached hydrogens (tertiary/aromatic N) is 4. The van der Waals surface area contributed by atoms with Crippen LogP contribution in [-0.2, 0) is 28.7 Å². The van der Waals surface area contributed by atoms with Gasteiger partial charge in [0.1, 0.15) is 11.0 Å². The summed E-state index contributed by atoms with van der Waals surface area (Å²) < 4.78 is 16.1. The van der Waals surface area contributed by atoms with E-state index >= 15 is 0 Å². The van der Waals surface area contributed by atoms with Gasteiger partial charge in [0.15, 0.2) is 0 Å². The Labute approximate surface area is 197 Å². The lowest BCUT2D eigenvalue weighted by Gasteiger charge is -2.24. The van der Waals surface area contributed by atoms with Crippen LogP contribution in [0.5, 0.6) is 0 Å². The average molecular weight is 464 g/mol. The fourth-order valence-electron chi connectivity index (χ4n) is 3.56. The monoisotopic (exact) mass is 463 g/mol. The van der Waals surface area contributed by atoms with Crippen molar-refractivity contribution in [2.75, 3.05) is 19.6 Å². The van der Waals surface area contributed by atoms with Crippen LogP contribution in [0.25, 0.3) is 0 Å². The summed E-state index contributed by atoms with van der Waals surface area (Å²) >= 11 is 0. The largest absolute Gasteiger partial charge is 0.358 e. The molecule has 33 heavy (non-hydrogen) atoms. The quantitative estimate of drug-likeness (QED) is 0.410.